The maximum atomic E-state index is 12.7. The van der Waals surface area contributed by atoms with E-state index >= 15 is 0 Å². The van der Waals surface area contributed by atoms with Gasteiger partial charge in [-0.05, 0) is 135 Å². The molecule has 2 heteroatoms. The fourth-order valence-corrected chi connectivity index (χ4v) is 10.5. The molecule has 8 aliphatic rings. The summed E-state index contributed by atoms with van der Waals surface area (Å²) in [5.74, 6) is 4.11. The lowest BCUT2D eigenvalue weighted by Crippen LogP contribution is -2.51. The number of hydrogen-bond acceptors (Lipinski definition) is 2. The average molecular weight is 390 g/mol. The Kier molecular flexibility index (Phi) is 3.40. The lowest BCUT2D eigenvalue weighted by Gasteiger charge is -2.59. The first-order valence-corrected chi connectivity index (χ1v) is 12.4. The van der Waals surface area contributed by atoms with Crippen LogP contribution in [0.1, 0.15) is 98.5 Å². The molecule has 1 aromatic rings. The van der Waals surface area contributed by atoms with Crippen molar-refractivity contribution in [1.29, 1.82) is 0 Å². The van der Waals surface area contributed by atoms with Gasteiger partial charge < -0.3 is 9.90 Å². The van der Waals surface area contributed by atoms with Crippen molar-refractivity contribution in [2.24, 2.45) is 35.5 Å². The van der Waals surface area contributed by atoms with Crippen molar-refractivity contribution in [3.8, 4) is 0 Å². The van der Waals surface area contributed by atoms with Crippen molar-refractivity contribution in [1.82, 2.24) is 0 Å². The number of benzene rings is 1. The second kappa shape index (κ2) is 5.68. The van der Waals surface area contributed by atoms with Gasteiger partial charge in [0.15, 0.2) is 0 Å². The Morgan fingerprint density at radius 3 is 1.24 bits per heavy atom. The van der Waals surface area contributed by atoms with Crippen LogP contribution < -0.4 is 5.11 Å². The van der Waals surface area contributed by atoms with Crippen LogP contribution in [0.5, 0.6) is 0 Å². The van der Waals surface area contributed by atoms with E-state index in [0.29, 0.717) is 5.56 Å². The van der Waals surface area contributed by atoms with E-state index in [1.807, 2.05) is 0 Å². The Balaban J connectivity index is 1.38. The molecular weight excluding hydrogens is 356 g/mol. The largest absolute Gasteiger partial charge is 0.545 e. The Labute approximate surface area is 174 Å². The topological polar surface area (TPSA) is 40.1 Å². The van der Waals surface area contributed by atoms with Crippen LogP contribution >= 0.6 is 0 Å². The number of carboxylic acids is 1. The molecule has 0 aliphatic heterocycles. The highest BCUT2D eigenvalue weighted by Gasteiger charge is 2.55. The molecule has 29 heavy (non-hydrogen) atoms. The fraction of sp³-hybridized carbons (Fsp3) is 0.741. The molecule has 0 saturated heterocycles. The van der Waals surface area contributed by atoms with E-state index in [1.165, 1.54) is 88.2 Å². The normalized spacial score (nSPS) is 49.0. The molecule has 0 radical (unpaired) electrons. The number of carbonyl (C=O) groups is 1. The molecule has 0 unspecified atom stereocenters. The van der Waals surface area contributed by atoms with Crippen LogP contribution in [0, 0.1) is 35.5 Å². The molecule has 9 rings (SSSR count). The van der Waals surface area contributed by atoms with E-state index < -0.39 is 5.97 Å². The monoisotopic (exact) mass is 389 g/mol. The second-order valence-electron chi connectivity index (χ2n) is 12.4. The van der Waals surface area contributed by atoms with Gasteiger partial charge in [0.05, 0.1) is 5.97 Å². The van der Waals surface area contributed by atoms with Gasteiger partial charge in [-0.1, -0.05) is 18.2 Å². The highest BCUT2D eigenvalue weighted by molar-refractivity contribution is 5.91. The van der Waals surface area contributed by atoms with E-state index in [-0.39, 0.29) is 10.8 Å². The van der Waals surface area contributed by atoms with E-state index in [0.717, 1.165) is 35.5 Å². The molecular formula is C27H33O2-. The van der Waals surface area contributed by atoms with Crippen molar-refractivity contribution >= 4 is 5.97 Å². The number of aromatic carboxylic acids is 1. The molecule has 0 amide bonds. The van der Waals surface area contributed by atoms with Gasteiger partial charge in [0.1, 0.15) is 0 Å². The van der Waals surface area contributed by atoms with E-state index in [1.54, 1.807) is 0 Å². The van der Waals surface area contributed by atoms with Gasteiger partial charge in [-0.25, -0.2) is 0 Å². The van der Waals surface area contributed by atoms with Gasteiger partial charge in [-0.2, -0.15) is 0 Å². The minimum Gasteiger partial charge on any atom is -0.545 e. The highest BCUT2D eigenvalue weighted by atomic mass is 16.4. The van der Waals surface area contributed by atoms with Crippen molar-refractivity contribution in [3.05, 3.63) is 34.9 Å². The number of carbonyl (C=O) groups excluding carboxylic acids is 1. The summed E-state index contributed by atoms with van der Waals surface area (Å²) in [6, 6.07) is 6.61. The zero-order chi connectivity index (χ0) is 19.4. The number of hydrogen-bond donors (Lipinski definition) is 0. The van der Waals surface area contributed by atoms with Crippen LogP contribution in [0.25, 0.3) is 0 Å². The van der Waals surface area contributed by atoms with E-state index in [2.05, 4.69) is 18.2 Å². The van der Waals surface area contributed by atoms with Gasteiger partial charge in [0.25, 0.3) is 0 Å². The molecule has 8 aliphatic carbocycles. The summed E-state index contributed by atoms with van der Waals surface area (Å²) in [6.45, 7) is 0. The molecule has 8 bridgehead atoms. The summed E-state index contributed by atoms with van der Waals surface area (Å²) in [5.41, 5.74) is 3.27. The first kappa shape index (κ1) is 17.4. The Morgan fingerprint density at radius 2 is 0.966 bits per heavy atom. The van der Waals surface area contributed by atoms with Crippen LogP contribution in [-0.2, 0) is 10.8 Å². The zero-order valence-electron chi connectivity index (χ0n) is 17.5. The maximum absolute atomic E-state index is 12.7. The van der Waals surface area contributed by atoms with Crippen LogP contribution in [0.3, 0.4) is 0 Å². The molecule has 2 nitrogen and oxygen atoms in total. The van der Waals surface area contributed by atoms with Crippen LogP contribution in [-0.4, -0.2) is 5.97 Å². The van der Waals surface area contributed by atoms with E-state index in [4.69, 9.17) is 0 Å². The standard InChI is InChI=1S/C27H34O2/c28-25(29)24-22(26-10-16-4-17(11-26)6-18(5-16)12-26)2-1-3-23(24)27-13-19-7-20(14-27)9-21(8-19)15-27/h1-3,16-21H,4-15H2,(H,28,29)/p-1. The van der Waals surface area contributed by atoms with Gasteiger partial charge in [0.2, 0.25) is 0 Å². The number of rotatable bonds is 3. The molecule has 154 valence electrons. The summed E-state index contributed by atoms with van der Waals surface area (Å²) in [6.07, 6.45) is 15.7. The van der Waals surface area contributed by atoms with Gasteiger partial charge in [-0.3, -0.25) is 0 Å². The summed E-state index contributed by atoms with van der Waals surface area (Å²) in [7, 11) is 0. The quantitative estimate of drug-likeness (QED) is 0.731. The summed E-state index contributed by atoms with van der Waals surface area (Å²) in [4.78, 5) is 12.7. The summed E-state index contributed by atoms with van der Waals surface area (Å²) in [5, 5.41) is 12.7. The molecule has 0 atom stereocenters. The van der Waals surface area contributed by atoms with Gasteiger partial charge >= 0.3 is 0 Å². The Hall–Kier alpha value is -1.31. The lowest BCUT2D eigenvalue weighted by atomic mass is 9.46. The van der Waals surface area contributed by atoms with Crippen LogP contribution in [0.2, 0.25) is 0 Å². The summed E-state index contributed by atoms with van der Waals surface area (Å²) < 4.78 is 0. The predicted octanol–water partition coefficient (Wildman–Crippen LogP) is 4.99. The van der Waals surface area contributed by atoms with Crippen LogP contribution in [0.15, 0.2) is 18.2 Å². The third kappa shape index (κ3) is 2.38. The molecule has 8 saturated carbocycles. The Morgan fingerprint density at radius 1 is 0.655 bits per heavy atom. The fourth-order valence-electron chi connectivity index (χ4n) is 10.5. The van der Waals surface area contributed by atoms with Crippen molar-refractivity contribution in [3.63, 3.8) is 0 Å². The molecule has 0 spiro atoms. The van der Waals surface area contributed by atoms with E-state index in [9.17, 15) is 9.90 Å². The van der Waals surface area contributed by atoms with Gasteiger partial charge in [-0.15, -0.1) is 0 Å². The van der Waals surface area contributed by atoms with Crippen molar-refractivity contribution in [2.75, 3.05) is 0 Å². The van der Waals surface area contributed by atoms with Gasteiger partial charge in [0, 0.05) is 5.56 Å². The highest BCUT2D eigenvalue weighted by Crippen LogP contribution is 2.64. The maximum Gasteiger partial charge on any atom is 0.0721 e. The molecule has 0 heterocycles. The minimum absolute atomic E-state index is 0.127. The molecule has 1 aromatic carbocycles. The SMILES string of the molecule is O=C([O-])c1c(C23CC4CC(CC(C4)C2)C3)cccc1C12CC3CC(CC(C3)C1)C2. The van der Waals surface area contributed by atoms with Crippen LogP contribution in [0.4, 0.5) is 0 Å². The summed E-state index contributed by atoms with van der Waals surface area (Å²) >= 11 is 0. The predicted molar refractivity (Wildman–Crippen MR) is 110 cm³/mol. The second-order valence-corrected chi connectivity index (χ2v) is 12.4. The number of carboxylic acid groups (broad SMARTS) is 1. The first-order chi connectivity index (χ1) is 14.0. The minimum atomic E-state index is -0.887. The van der Waals surface area contributed by atoms with Crippen molar-refractivity contribution in [2.45, 2.75) is 87.9 Å². The first-order valence-electron chi connectivity index (χ1n) is 12.4. The zero-order valence-corrected chi connectivity index (χ0v) is 17.5. The average Bonchev–Trinajstić information content (AvgIpc) is 2.65. The van der Waals surface area contributed by atoms with Crippen molar-refractivity contribution < 1.29 is 9.90 Å². The third-order valence-corrected chi connectivity index (χ3v) is 10.5. The lowest BCUT2D eigenvalue weighted by molar-refractivity contribution is -0.255. The Bertz CT molecular complexity index is 748. The molecule has 0 aromatic heterocycles. The smallest absolute Gasteiger partial charge is 0.0721 e. The molecule has 8 fully saturated rings. The molecule has 0 N–H and O–H groups in total. The third-order valence-electron chi connectivity index (χ3n) is 10.5.